The van der Waals surface area contributed by atoms with Crippen LogP contribution in [-0.4, -0.2) is 34.1 Å². The third-order valence-corrected chi connectivity index (χ3v) is 2.79. The summed E-state index contributed by atoms with van der Waals surface area (Å²) in [5, 5.41) is 19.7. The van der Waals surface area contributed by atoms with Crippen molar-refractivity contribution in [3.05, 3.63) is 0 Å². The predicted molar refractivity (Wildman–Crippen MR) is 70.9 cm³/mol. The molecule has 0 aliphatic heterocycles. The predicted octanol–water partition coefficient (Wildman–Crippen LogP) is -1.10. The van der Waals surface area contributed by atoms with Crippen LogP contribution in [-0.2, 0) is 14.4 Å². The fourth-order valence-electron chi connectivity index (χ4n) is 1.68. The number of amides is 1. The molecule has 0 aliphatic rings. The Bertz CT molecular complexity index is 315. The largest absolute Gasteiger partial charge is 1.00 e. The average Bonchev–Trinajstić information content (AvgIpc) is 2.33. The molecular formula is C13H24NNaO5. The van der Waals surface area contributed by atoms with Gasteiger partial charge in [0, 0.05) is 12.8 Å². The molecule has 0 spiro atoms. The Hall–Kier alpha value is -0.590. The number of hydrogen-bond acceptors (Lipinski definition) is 3. The van der Waals surface area contributed by atoms with E-state index in [4.69, 9.17) is 10.2 Å². The molecule has 0 aromatic heterocycles. The van der Waals surface area contributed by atoms with E-state index in [1.165, 1.54) is 0 Å². The zero-order valence-corrected chi connectivity index (χ0v) is 14.4. The molecule has 0 fully saturated rings. The van der Waals surface area contributed by atoms with E-state index in [-0.39, 0.29) is 49.7 Å². The van der Waals surface area contributed by atoms with E-state index in [1.807, 2.05) is 0 Å². The molecule has 0 saturated heterocycles. The fraction of sp³-hybridized carbons (Fsp3) is 0.769. The first-order chi connectivity index (χ1) is 8.97. The zero-order chi connectivity index (χ0) is 14.7. The van der Waals surface area contributed by atoms with Gasteiger partial charge in [-0.2, -0.15) is 0 Å². The van der Waals surface area contributed by atoms with Crippen molar-refractivity contribution in [1.82, 2.24) is 5.32 Å². The second-order valence-electron chi connectivity index (χ2n) is 4.55. The Balaban J connectivity index is -0.00000162. The van der Waals surface area contributed by atoms with Gasteiger partial charge in [-0.05, 0) is 12.8 Å². The summed E-state index contributed by atoms with van der Waals surface area (Å²) in [5.74, 6) is -2.59. The molecule has 0 rings (SSSR count). The van der Waals surface area contributed by atoms with Crippen molar-refractivity contribution >= 4 is 17.8 Å². The summed E-state index contributed by atoms with van der Waals surface area (Å²) in [6.07, 6.45) is 4.96. The molecule has 0 heterocycles. The molecular weight excluding hydrogens is 273 g/mol. The summed E-state index contributed by atoms with van der Waals surface area (Å²) in [6.45, 7) is 2.10. The SMILES string of the molecule is CCCCCCCC(=O)N[C@@H](CCC(=O)O)C(=O)O.[H-].[Na+]. The first-order valence-corrected chi connectivity index (χ1v) is 6.71. The zero-order valence-electron chi connectivity index (χ0n) is 13.4. The van der Waals surface area contributed by atoms with E-state index in [9.17, 15) is 14.4 Å². The van der Waals surface area contributed by atoms with Crippen LogP contribution in [0.5, 0.6) is 0 Å². The molecule has 0 bridgehead atoms. The number of carboxylic acid groups (broad SMARTS) is 2. The van der Waals surface area contributed by atoms with Crippen LogP contribution in [0.25, 0.3) is 0 Å². The molecule has 0 aromatic carbocycles. The molecule has 0 radical (unpaired) electrons. The molecule has 20 heavy (non-hydrogen) atoms. The average molecular weight is 297 g/mol. The normalized spacial score (nSPS) is 11.2. The van der Waals surface area contributed by atoms with Gasteiger partial charge < -0.3 is 17.0 Å². The Kier molecular flexibility index (Phi) is 14.5. The van der Waals surface area contributed by atoms with Gasteiger partial charge in [0.2, 0.25) is 5.91 Å². The smallest absolute Gasteiger partial charge is 1.00 e. The molecule has 3 N–H and O–H groups in total. The first kappa shape index (κ1) is 21.7. The van der Waals surface area contributed by atoms with Crippen molar-refractivity contribution < 1.29 is 55.6 Å². The standard InChI is InChI=1S/C13H23NO5.Na.H/c1-2-3-4-5-6-7-11(15)14-10(13(18)19)8-9-12(16)17;;/h10H,2-9H2,1H3,(H,14,15)(H,16,17)(H,18,19);;/q;+1;-1/t10-;;/m0../s1. The summed E-state index contributed by atoms with van der Waals surface area (Å²) in [7, 11) is 0. The van der Waals surface area contributed by atoms with Crippen molar-refractivity contribution in [1.29, 1.82) is 0 Å². The van der Waals surface area contributed by atoms with Gasteiger partial charge >= 0.3 is 41.5 Å². The van der Waals surface area contributed by atoms with Gasteiger partial charge in [-0.15, -0.1) is 0 Å². The van der Waals surface area contributed by atoms with Crippen LogP contribution >= 0.6 is 0 Å². The van der Waals surface area contributed by atoms with E-state index in [0.29, 0.717) is 6.42 Å². The number of hydrogen-bond donors (Lipinski definition) is 3. The van der Waals surface area contributed by atoms with Crippen molar-refractivity contribution in [2.24, 2.45) is 0 Å². The Morgan fingerprint density at radius 1 is 1.05 bits per heavy atom. The number of carboxylic acids is 2. The van der Waals surface area contributed by atoms with Gasteiger partial charge in [-0.1, -0.05) is 32.6 Å². The minimum absolute atomic E-state index is 0. The minimum atomic E-state index is -1.19. The first-order valence-electron chi connectivity index (χ1n) is 6.71. The van der Waals surface area contributed by atoms with Crippen LogP contribution in [0.3, 0.4) is 0 Å². The number of carbonyl (C=O) groups is 3. The number of carbonyl (C=O) groups excluding carboxylic acids is 1. The van der Waals surface area contributed by atoms with E-state index in [0.717, 1.165) is 32.1 Å². The van der Waals surface area contributed by atoms with Crippen LogP contribution in [0.1, 0.15) is 59.7 Å². The number of unbranched alkanes of at least 4 members (excludes halogenated alkanes) is 4. The topological polar surface area (TPSA) is 104 Å². The quantitative estimate of drug-likeness (QED) is 0.332. The summed E-state index contributed by atoms with van der Waals surface area (Å²) in [4.78, 5) is 32.7. The maximum atomic E-state index is 11.5. The molecule has 112 valence electrons. The Morgan fingerprint density at radius 3 is 2.15 bits per heavy atom. The summed E-state index contributed by atoms with van der Waals surface area (Å²) < 4.78 is 0. The van der Waals surface area contributed by atoms with Crippen LogP contribution in [0.4, 0.5) is 0 Å². The molecule has 0 aromatic rings. The summed E-state index contributed by atoms with van der Waals surface area (Å²) in [5.41, 5.74) is 0. The summed E-state index contributed by atoms with van der Waals surface area (Å²) in [6, 6.07) is -1.11. The number of rotatable bonds is 11. The monoisotopic (exact) mass is 297 g/mol. The van der Waals surface area contributed by atoms with Gasteiger partial charge in [0.25, 0.3) is 0 Å². The molecule has 0 saturated carbocycles. The van der Waals surface area contributed by atoms with Gasteiger partial charge in [-0.3, -0.25) is 9.59 Å². The minimum Gasteiger partial charge on any atom is -1.00 e. The molecule has 7 heteroatoms. The second-order valence-corrected chi connectivity index (χ2v) is 4.55. The third-order valence-electron chi connectivity index (χ3n) is 2.79. The summed E-state index contributed by atoms with van der Waals surface area (Å²) >= 11 is 0. The van der Waals surface area contributed by atoms with Gasteiger partial charge in [0.1, 0.15) is 6.04 Å². The third kappa shape index (κ3) is 12.4. The van der Waals surface area contributed by atoms with Gasteiger partial charge in [0.15, 0.2) is 0 Å². The van der Waals surface area contributed by atoms with E-state index in [1.54, 1.807) is 0 Å². The van der Waals surface area contributed by atoms with E-state index in [2.05, 4.69) is 12.2 Å². The van der Waals surface area contributed by atoms with Crippen LogP contribution in [0.15, 0.2) is 0 Å². The number of nitrogens with one attached hydrogen (secondary N) is 1. The molecule has 0 unspecified atom stereocenters. The van der Waals surface area contributed by atoms with Crippen molar-refractivity contribution in [3.63, 3.8) is 0 Å². The number of aliphatic carboxylic acids is 2. The molecule has 6 nitrogen and oxygen atoms in total. The van der Waals surface area contributed by atoms with Crippen molar-refractivity contribution in [2.75, 3.05) is 0 Å². The molecule has 0 aliphatic carbocycles. The maximum absolute atomic E-state index is 11.5. The van der Waals surface area contributed by atoms with Gasteiger partial charge in [-0.25, -0.2) is 4.79 Å². The van der Waals surface area contributed by atoms with Crippen LogP contribution < -0.4 is 34.9 Å². The van der Waals surface area contributed by atoms with E-state index < -0.39 is 18.0 Å². The second kappa shape index (κ2) is 13.4. The molecule has 1 amide bonds. The fourth-order valence-corrected chi connectivity index (χ4v) is 1.68. The molecule has 1 atom stereocenters. The van der Waals surface area contributed by atoms with Gasteiger partial charge in [0.05, 0.1) is 0 Å². The Morgan fingerprint density at radius 2 is 1.65 bits per heavy atom. The van der Waals surface area contributed by atoms with Crippen LogP contribution in [0.2, 0.25) is 0 Å². The maximum Gasteiger partial charge on any atom is 1.00 e. The van der Waals surface area contributed by atoms with Crippen molar-refractivity contribution in [2.45, 2.75) is 64.3 Å². The van der Waals surface area contributed by atoms with E-state index >= 15 is 0 Å². The Labute approximate surface area is 143 Å². The van der Waals surface area contributed by atoms with Crippen molar-refractivity contribution in [3.8, 4) is 0 Å². The van der Waals surface area contributed by atoms with Crippen LogP contribution in [0, 0.1) is 0 Å².